The molecule has 1 aliphatic rings. The number of hydrogen-bond acceptors (Lipinski definition) is 3. The molecule has 0 aromatic heterocycles. The van der Waals surface area contributed by atoms with Gasteiger partial charge in [-0.3, -0.25) is 0 Å². The lowest BCUT2D eigenvalue weighted by Gasteiger charge is -2.34. The summed E-state index contributed by atoms with van der Waals surface area (Å²) in [5, 5.41) is 9.28. The van der Waals surface area contributed by atoms with E-state index in [9.17, 15) is 9.50 Å². The topological polar surface area (TPSA) is 32.7 Å². The van der Waals surface area contributed by atoms with Crippen LogP contribution in [-0.4, -0.2) is 31.9 Å². The highest BCUT2D eigenvalue weighted by molar-refractivity contribution is 5.54. The number of hydrogen-bond donors (Lipinski definition) is 1. The quantitative estimate of drug-likeness (QED) is 0.892. The molecule has 0 spiro atoms. The predicted octanol–water partition coefficient (Wildman–Crippen LogP) is 2.18. The van der Waals surface area contributed by atoms with Crippen molar-refractivity contribution in [1.29, 1.82) is 0 Å². The molecule has 1 aliphatic heterocycles. The summed E-state index contributed by atoms with van der Waals surface area (Å²) in [6.07, 6.45) is 2.10. The lowest BCUT2D eigenvalue weighted by atomic mass is 9.97. The molecule has 0 atom stereocenters. The Morgan fingerprint density at radius 2 is 2.11 bits per heavy atom. The van der Waals surface area contributed by atoms with Crippen LogP contribution >= 0.6 is 0 Å². The standard InChI is InChI=1S/C14H20FNO2/c1-18-10-11-5-7-16(8-6-11)14-4-2-3-13(15)12(14)9-17/h2-4,11,17H,5-10H2,1H3. The zero-order valence-corrected chi connectivity index (χ0v) is 10.7. The SMILES string of the molecule is COCC1CCN(c2cccc(F)c2CO)CC1. The molecule has 1 fully saturated rings. The Bertz CT molecular complexity index is 389. The first kappa shape index (κ1) is 13.3. The molecule has 3 nitrogen and oxygen atoms in total. The summed E-state index contributed by atoms with van der Waals surface area (Å²) in [4.78, 5) is 2.15. The van der Waals surface area contributed by atoms with E-state index >= 15 is 0 Å². The van der Waals surface area contributed by atoms with Crippen LogP contribution in [0.2, 0.25) is 0 Å². The smallest absolute Gasteiger partial charge is 0.130 e. The number of ether oxygens (including phenoxy) is 1. The van der Waals surface area contributed by atoms with Gasteiger partial charge in [0, 0.05) is 38.1 Å². The normalized spacial score (nSPS) is 17.2. The van der Waals surface area contributed by atoms with E-state index in [2.05, 4.69) is 4.90 Å². The molecule has 0 unspecified atom stereocenters. The van der Waals surface area contributed by atoms with Crippen LogP contribution in [0.3, 0.4) is 0 Å². The molecule has 1 saturated heterocycles. The molecule has 1 heterocycles. The number of nitrogens with zero attached hydrogens (tertiary/aromatic N) is 1. The van der Waals surface area contributed by atoms with Crippen LogP contribution in [0.1, 0.15) is 18.4 Å². The fourth-order valence-electron chi connectivity index (χ4n) is 2.58. The van der Waals surface area contributed by atoms with Gasteiger partial charge in [-0.05, 0) is 30.9 Å². The Balaban J connectivity index is 2.07. The molecule has 2 rings (SSSR count). The molecule has 18 heavy (non-hydrogen) atoms. The fraction of sp³-hybridized carbons (Fsp3) is 0.571. The molecule has 1 aromatic carbocycles. The summed E-state index contributed by atoms with van der Waals surface area (Å²) in [7, 11) is 1.73. The lowest BCUT2D eigenvalue weighted by Crippen LogP contribution is -2.35. The summed E-state index contributed by atoms with van der Waals surface area (Å²) < 4.78 is 18.8. The maximum Gasteiger partial charge on any atom is 0.130 e. The van der Waals surface area contributed by atoms with Crippen LogP contribution in [0.25, 0.3) is 0 Å². The number of halogens is 1. The van der Waals surface area contributed by atoms with E-state index in [1.807, 2.05) is 6.07 Å². The largest absolute Gasteiger partial charge is 0.391 e. The van der Waals surface area contributed by atoms with Crippen molar-refractivity contribution in [2.24, 2.45) is 5.92 Å². The number of piperidine rings is 1. The van der Waals surface area contributed by atoms with Crippen molar-refractivity contribution >= 4 is 5.69 Å². The molecule has 4 heteroatoms. The number of rotatable bonds is 4. The molecular formula is C14H20FNO2. The van der Waals surface area contributed by atoms with Crippen molar-refractivity contribution in [2.45, 2.75) is 19.4 Å². The van der Waals surface area contributed by atoms with E-state index in [1.165, 1.54) is 6.07 Å². The molecule has 1 N–H and O–H groups in total. The van der Waals surface area contributed by atoms with Crippen molar-refractivity contribution < 1.29 is 14.2 Å². The van der Waals surface area contributed by atoms with Gasteiger partial charge in [0.25, 0.3) is 0 Å². The second-order valence-corrected chi connectivity index (χ2v) is 4.78. The summed E-state index contributed by atoms with van der Waals surface area (Å²) in [6, 6.07) is 4.98. The number of aliphatic hydroxyl groups is 1. The molecular weight excluding hydrogens is 233 g/mol. The zero-order chi connectivity index (χ0) is 13.0. The average molecular weight is 253 g/mol. The predicted molar refractivity (Wildman–Crippen MR) is 69.1 cm³/mol. The molecule has 100 valence electrons. The summed E-state index contributed by atoms with van der Waals surface area (Å²) in [6.45, 7) is 2.33. The minimum absolute atomic E-state index is 0.250. The third-order valence-corrected chi connectivity index (χ3v) is 3.61. The van der Waals surface area contributed by atoms with Crippen molar-refractivity contribution in [3.05, 3.63) is 29.6 Å². The van der Waals surface area contributed by atoms with Crippen LogP contribution < -0.4 is 4.90 Å². The van der Waals surface area contributed by atoms with Gasteiger partial charge in [-0.15, -0.1) is 0 Å². The maximum absolute atomic E-state index is 13.6. The monoisotopic (exact) mass is 253 g/mol. The summed E-state index contributed by atoms with van der Waals surface area (Å²) >= 11 is 0. The lowest BCUT2D eigenvalue weighted by molar-refractivity contribution is 0.139. The molecule has 0 radical (unpaired) electrons. The third-order valence-electron chi connectivity index (χ3n) is 3.61. The van der Waals surface area contributed by atoms with Gasteiger partial charge in [-0.2, -0.15) is 0 Å². The van der Waals surface area contributed by atoms with Gasteiger partial charge >= 0.3 is 0 Å². The Morgan fingerprint density at radius 3 is 2.72 bits per heavy atom. The van der Waals surface area contributed by atoms with Crippen LogP contribution in [-0.2, 0) is 11.3 Å². The third kappa shape index (κ3) is 2.82. The average Bonchev–Trinajstić information content (AvgIpc) is 2.40. The van der Waals surface area contributed by atoms with Crippen LogP contribution in [0.5, 0.6) is 0 Å². The molecule has 0 amide bonds. The molecule has 0 saturated carbocycles. The van der Waals surface area contributed by atoms with E-state index < -0.39 is 0 Å². The Morgan fingerprint density at radius 1 is 1.39 bits per heavy atom. The minimum atomic E-state index is -0.325. The highest BCUT2D eigenvalue weighted by atomic mass is 19.1. The van der Waals surface area contributed by atoms with Gasteiger partial charge in [-0.1, -0.05) is 6.07 Å². The van der Waals surface area contributed by atoms with E-state index in [4.69, 9.17) is 4.74 Å². The first-order valence-electron chi connectivity index (χ1n) is 6.38. The first-order chi connectivity index (χ1) is 8.76. The van der Waals surface area contributed by atoms with Gasteiger partial charge in [0.2, 0.25) is 0 Å². The highest BCUT2D eigenvalue weighted by Crippen LogP contribution is 2.28. The van der Waals surface area contributed by atoms with E-state index in [0.29, 0.717) is 11.5 Å². The van der Waals surface area contributed by atoms with Crippen molar-refractivity contribution in [3.8, 4) is 0 Å². The van der Waals surface area contributed by atoms with Gasteiger partial charge in [0.05, 0.1) is 6.61 Å². The number of anilines is 1. The molecule has 0 bridgehead atoms. The van der Waals surface area contributed by atoms with Crippen LogP contribution in [0.15, 0.2) is 18.2 Å². The summed E-state index contributed by atoms with van der Waals surface area (Å²) in [5.74, 6) is 0.270. The highest BCUT2D eigenvalue weighted by Gasteiger charge is 2.21. The van der Waals surface area contributed by atoms with Crippen LogP contribution in [0, 0.1) is 11.7 Å². The van der Waals surface area contributed by atoms with Crippen molar-refractivity contribution in [3.63, 3.8) is 0 Å². The molecule has 1 aromatic rings. The van der Waals surface area contributed by atoms with Crippen molar-refractivity contribution in [2.75, 3.05) is 31.7 Å². The number of methoxy groups -OCH3 is 1. The second kappa shape index (κ2) is 6.16. The molecule has 0 aliphatic carbocycles. The van der Waals surface area contributed by atoms with E-state index in [0.717, 1.165) is 38.2 Å². The van der Waals surface area contributed by atoms with E-state index in [1.54, 1.807) is 13.2 Å². The van der Waals surface area contributed by atoms with Gasteiger partial charge in [0.15, 0.2) is 0 Å². The first-order valence-corrected chi connectivity index (χ1v) is 6.38. The van der Waals surface area contributed by atoms with Crippen LogP contribution in [0.4, 0.5) is 10.1 Å². The Labute approximate surface area is 107 Å². The summed E-state index contributed by atoms with van der Waals surface area (Å²) in [5.41, 5.74) is 1.23. The fourth-order valence-corrected chi connectivity index (χ4v) is 2.58. The zero-order valence-electron chi connectivity index (χ0n) is 10.7. The second-order valence-electron chi connectivity index (χ2n) is 4.78. The maximum atomic E-state index is 13.6. The van der Waals surface area contributed by atoms with Gasteiger partial charge in [0.1, 0.15) is 5.82 Å². The Hall–Kier alpha value is -1.13. The Kier molecular flexibility index (Phi) is 4.55. The minimum Gasteiger partial charge on any atom is -0.391 e. The number of aliphatic hydroxyl groups excluding tert-OH is 1. The number of benzene rings is 1. The van der Waals surface area contributed by atoms with Crippen molar-refractivity contribution in [1.82, 2.24) is 0 Å². The van der Waals surface area contributed by atoms with Gasteiger partial charge < -0.3 is 14.7 Å². The van der Waals surface area contributed by atoms with E-state index in [-0.39, 0.29) is 12.4 Å². The van der Waals surface area contributed by atoms with Gasteiger partial charge in [-0.25, -0.2) is 4.39 Å².